The molecule has 156 valence electrons. The molecule has 0 bridgehead atoms. The number of hydrogen-bond donors (Lipinski definition) is 0. The van der Waals surface area contributed by atoms with Gasteiger partial charge in [0, 0.05) is 19.3 Å². The number of aromatic nitrogens is 3. The fourth-order valence-electron chi connectivity index (χ4n) is 3.03. The Labute approximate surface area is 178 Å². The quantitative estimate of drug-likeness (QED) is 0.538. The van der Waals surface area contributed by atoms with Crippen LogP contribution in [0.5, 0.6) is 17.2 Å². The van der Waals surface area contributed by atoms with Gasteiger partial charge in [-0.3, -0.25) is 9.36 Å². The van der Waals surface area contributed by atoms with Gasteiger partial charge in [0.05, 0.1) is 12.9 Å². The van der Waals surface area contributed by atoms with Crippen LogP contribution in [0.3, 0.4) is 0 Å². The number of nitrogens with zero attached hydrogens (tertiary/aromatic N) is 4. The van der Waals surface area contributed by atoms with Crippen LogP contribution in [-0.4, -0.2) is 58.7 Å². The third-order valence-corrected chi connectivity index (χ3v) is 5.57. The largest absolute Gasteiger partial charge is 0.497 e. The lowest BCUT2D eigenvalue weighted by Crippen LogP contribution is -2.28. The summed E-state index contributed by atoms with van der Waals surface area (Å²) in [6.45, 7) is 1.58. The van der Waals surface area contributed by atoms with Crippen molar-refractivity contribution in [1.82, 2.24) is 19.7 Å². The van der Waals surface area contributed by atoms with Gasteiger partial charge in [0.2, 0.25) is 5.91 Å². The number of carbonyl (C=O) groups is 1. The molecular formula is C21H22N4O4S. The van der Waals surface area contributed by atoms with E-state index in [0.29, 0.717) is 24.9 Å². The fourth-order valence-corrected chi connectivity index (χ4v) is 3.90. The van der Waals surface area contributed by atoms with Crippen LogP contribution in [0.4, 0.5) is 0 Å². The second-order valence-electron chi connectivity index (χ2n) is 6.70. The van der Waals surface area contributed by atoms with E-state index in [0.717, 1.165) is 28.5 Å². The molecular weight excluding hydrogens is 404 g/mol. The highest BCUT2D eigenvalue weighted by Crippen LogP contribution is 2.31. The number of ether oxygens (including phenoxy) is 3. The summed E-state index contributed by atoms with van der Waals surface area (Å²) < 4.78 is 18.2. The van der Waals surface area contributed by atoms with Gasteiger partial charge >= 0.3 is 0 Å². The van der Waals surface area contributed by atoms with Gasteiger partial charge in [-0.1, -0.05) is 17.8 Å². The van der Waals surface area contributed by atoms with Crippen LogP contribution >= 0.6 is 11.8 Å². The van der Waals surface area contributed by atoms with E-state index in [-0.39, 0.29) is 11.7 Å². The average Bonchev–Trinajstić information content (AvgIpc) is 3.26. The van der Waals surface area contributed by atoms with Crippen molar-refractivity contribution in [3.05, 3.63) is 54.4 Å². The van der Waals surface area contributed by atoms with Crippen LogP contribution in [0.25, 0.3) is 5.69 Å². The minimum atomic E-state index is -0.000769. The SMILES string of the molecule is COc1ccc(-n2cnnc2SCC(=O)N(C)Cc2ccc3c(c2)OCCO3)cc1. The standard InChI is InChI=1S/C21H22N4O4S/c1-24(12-15-3-8-18-19(11-15)29-10-9-28-18)20(26)13-30-21-23-22-14-25(21)16-4-6-17(27-2)7-5-16/h3-8,11,14H,9-10,12-13H2,1-2H3. The molecule has 1 aliphatic rings. The van der Waals surface area contributed by atoms with E-state index in [1.54, 1.807) is 25.4 Å². The first-order valence-corrected chi connectivity index (χ1v) is 10.4. The highest BCUT2D eigenvalue weighted by molar-refractivity contribution is 7.99. The highest BCUT2D eigenvalue weighted by atomic mass is 32.2. The third-order valence-electron chi connectivity index (χ3n) is 4.64. The van der Waals surface area contributed by atoms with E-state index in [1.807, 2.05) is 47.0 Å². The summed E-state index contributed by atoms with van der Waals surface area (Å²) in [6.07, 6.45) is 1.63. The lowest BCUT2D eigenvalue weighted by Gasteiger charge is -2.21. The Kier molecular flexibility index (Phi) is 6.08. The molecule has 0 atom stereocenters. The molecule has 1 aliphatic heterocycles. The summed E-state index contributed by atoms with van der Waals surface area (Å²) >= 11 is 1.35. The molecule has 0 saturated carbocycles. The van der Waals surface area contributed by atoms with Crippen molar-refractivity contribution in [1.29, 1.82) is 0 Å². The van der Waals surface area contributed by atoms with Crippen molar-refractivity contribution in [3.8, 4) is 22.9 Å². The number of hydrogen-bond acceptors (Lipinski definition) is 7. The number of benzene rings is 2. The van der Waals surface area contributed by atoms with Crippen molar-refractivity contribution in [3.63, 3.8) is 0 Å². The van der Waals surface area contributed by atoms with Gasteiger partial charge in [-0.2, -0.15) is 0 Å². The zero-order valence-corrected chi connectivity index (χ0v) is 17.6. The number of fused-ring (bicyclic) bond motifs is 1. The zero-order valence-electron chi connectivity index (χ0n) is 16.8. The van der Waals surface area contributed by atoms with Crippen molar-refractivity contribution < 1.29 is 19.0 Å². The Bertz CT molecular complexity index is 1020. The lowest BCUT2D eigenvalue weighted by molar-refractivity contribution is -0.127. The second kappa shape index (κ2) is 9.08. The lowest BCUT2D eigenvalue weighted by atomic mass is 10.2. The molecule has 0 N–H and O–H groups in total. The van der Waals surface area contributed by atoms with E-state index in [4.69, 9.17) is 14.2 Å². The monoisotopic (exact) mass is 426 g/mol. The summed E-state index contributed by atoms with van der Waals surface area (Å²) in [4.78, 5) is 14.3. The van der Waals surface area contributed by atoms with Crippen LogP contribution in [0.1, 0.15) is 5.56 Å². The minimum absolute atomic E-state index is 0.000769. The summed E-state index contributed by atoms with van der Waals surface area (Å²) in [5, 5.41) is 8.78. The first-order valence-electron chi connectivity index (χ1n) is 9.44. The van der Waals surface area contributed by atoms with E-state index in [2.05, 4.69) is 10.2 Å². The van der Waals surface area contributed by atoms with Gasteiger partial charge in [-0.15, -0.1) is 10.2 Å². The molecule has 2 heterocycles. The molecule has 0 fully saturated rings. The first kappa shape index (κ1) is 20.1. The van der Waals surface area contributed by atoms with Gasteiger partial charge in [-0.05, 0) is 42.0 Å². The third kappa shape index (κ3) is 4.51. The molecule has 30 heavy (non-hydrogen) atoms. The molecule has 3 aromatic rings. The zero-order chi connectivity index (χ0) is 20.9. The summed E-state index contributed by atoms with van der Waals surface area (Å²) in [5.41, 5.74) is 1.89. The van der Waals surface area contributed by atoms with Crippen molar-refractivity contribution in [2.24, 2.45) is 0 Å². The molecule has 1 amide bonds. The maximum atomic E-state index is 12.6. The van der Waals surface area contributed by atoms with Crippen LogP contribution in [-0.2, 0) is 11.3 Å². The van der Waals surface area contributed by atoms with Crippen molar-refractivity contribution in [2.75, 3.05) is 33.1 Å². The van der Waals surface area contributed by atoms with Crippen LogP contribution < -0.4 is 14.2 Å². The Hall–Kier alpha value is -3.20. The molecule has 1 aromatic heterocycles. The van der Waals surface area contributed by atoms with Crippen LogP contribution in [0.2, 0.25) is 0 Å². The Morgan fingerprint density at radius 1 is 1.17 bits per heavy atom. The maximum absolute atomic E-state index is 12.6. The van der Waals surface area contributed by atoms with Gasteiger partial charge in [-0.25, -0.2) is 0 Å². The number of methoxy groups -OCH3 is 1. The van der Waals surface area contributed by atoms with Gasteiger partial charge in [0.15, 0.2) is 16.7 Å². The second-order valence-corrected chi connectivity index (χ2v) is 7.64. The predicted octanol–water partition coefficient (Wildman–Crippen LogP) is 2.80. The molecule has 8 nitrogen and oxygen atoms in total. The van der Waals surface area contributed by atoms with E-state index in [1.165, 1.54) is 11.8 Å². The Morgan fingerprint density at radius 2 is 1.93 bits per heavy atom. The first-order chi connectivity index (χ1) is 14.6. The normalized spacial score (nSPS) is 12.5. The molecule has 0 saturated heterocycles. The molecule has 0 spiro atoms. The maximum Gasteiger partial charge on any atom is 0.233 e. The molecule has 0 radical (unpaired) electrons. The molecule has 2 aromatic carbocycles. The van der Waals surface area contributed by atoms with E-state index in [9.17, 15) is 4.79 Å². The van der Waals surface area contributed by atoms with Gasteiger partial charge in [0.1, 0.15) is 25.3 Å². The molecule has 9 heteroatoms. The van der Waals surface area contributed by atoms with Gasteiger partial charge < -0.3 is 19.1 Å². The van der Waals surface area contributed by atoms with Crippen molar-refractivity contribution >= 4 is 17.7 Å². The van der Waals surface area contributed by atoms with E-state index >= 15 is 0 Å². The molecule has 0 aliphatic carbocycles. The topological polar surface area (TPSA) is 78.7 Å². The summed E-state index contributed by atoms with van der Waals surface area (Å²) in [6, 6.07) is 13.3. The minimum Gasteiger partial charge on any atom is -0.497 e. The number of carbonyl (C=O) groups excluding carboxylic acids is 1. The van der Waals surface area contributed by atoms with Crippen molar-refractivity contribution in [2.45, 2.75) is 11.7 Å². The smallest absolute Gasteiger partial charge is 0.233 e. The van der Waals surface area contributed by atoms with Gasteiger partial charge in [0.25, 0.3) is 0 Å². The summed E-state index contributed by atoms with van der Waals surface area (Å²) in [5.74, 6) is 2.50. The van der Waals surface area contributed by atoms with E-state index < -0.39 is 0 Å². The molecule has 0 unspecified atom stereocenters. The fraction of sp³-hybridized carbons (Fsp3) is 0.286. The summed E-state index contributed by atoms with van der Waals surface area (Å²) in [7, 11) is 3.41. The Balaban J connectivity index is 1.36. The average molecular weight is 426 g/mol. The Morgan fingerprint density at radius 3 is 2.70 bits per heavy atom. The van der Waals surface area contributed by atoms with Crippen LogP contribution in [0.15, 0.2) is 53.9 Å². The highest BCUT2D eigenvalue weighted by Gasteiger charge is 2.16. The molecule has 4 rings (SSSR count). The number of rotatable bonds is 7. The number of amides is 1. The number of thioether (sulfide) groups is 1. The van der Waals surface area contributed by atoms with Crippen LogP contribution in [0, 0.1) is 0 Å². The predicted molar refractivity (Wildman–Crippen MR) is 113 cm³/mol.